The van der Waals surface area contributed by atoms with Gasteiger partial charge in [-0.05, 0) is 38.8 Å². The van der Waals surface area contributed by atoms with Crippen molar-refractivity contribution in [3.8, 4) is 0 Å². The first-order valence-electron chi connectivity index (χ1n) is 10.4. The van der Waals surface area contributed by atoms with E-state index in [1.54, 1.807) is 13.0 Å². The van der Waals surface area contributed by atoms with Gasteiger partial charge in [0.2, 0.25) is 5.43 Å². The molecule has 30 heavy (non-hydrogen) atoms. The number of aromatic nitrogens is 1. The van der Waals surface area contributed by atoms with Gasteiger partial charge in [-0.25, -0.2) is 9.18 Å². The molecule has 1 aromatic carbocycles. The third-order valence-corrected chi connectivity index (χ3v) is 6.13. The van der Waals surface area contributed by atoms with E-state index in [0.29, 0.717) is 37.3 Å². The Hall–Kier alpha value is -2.74. The van der Waals surface area contributed by atoms with E-state index in [2.05, 4.69) is 11.8 Å². The fourth-order valence-electron chi connectivity index (χ4n) is 4.26. The lowest BCUT2D eigenvalue weighted by atomic mass is 10.1. The van der Waals surface area contributed by atoms with Gasteiger partial charge >= 0.3 is 5.97 Å². The van der Waals surface area contributed by atoms with Crippen molar-refractivity contribution in [2.75, 3.05) is 31.1 Å². The van der Waals surface area contributed by atoms with Crippen LogP contribution in [0.4, 0.5) is 10.1 Å². The maximum atomic E-state index is 15.0. The van der Waals surface area contributed by atoms with Crippen LogP contribution in [0.2, 0.25) is 0 Å². The number of hydrogen-bond donors (Lipinski definition) is 1. The number of carbonyl (C=O) groups excluding carboxylic acids is 1. The van der Waals surface area contributed by atoms with Gasteiger partial charge in [-0.15, -0.1) is 0 Å². The second-order valence-corrected chi connectivity index (χ2v) is 8.42. The number of aromatic carboxylic acids is 1. The standard InChI is InChI=1S/C22H26FN3O4/c1-13-11-25(8-7-24(13)6-5-14(2)27)20-10-19-16(9-18(20)23)21(28)17(22(29)30)12-26(19)15-3-4-15/h9-10,12-13,15H,3-8,11H2,1-2H3,(H,29,30). The molecule has 1 N–H and O–H groups in total. The minimum absolute atomic E-state index is 0.108. The lowest BCUT2D eigenvalue weighted by Gasteiger charge is -2.41. The minimum atomic E-state index is -1.30. The zero-order valence-corrected chi connectivity index (χ0v) is 17.2. The van der Waals surface area contributed by atoms with Crippen LogP contribution in [0.25, 0.3) is 10.9 Å². The molecule has 2 fully saturated rings. The molecule has 0 amide bonds. The monoisotopic (exact) mass is 415 g/mol. The average Bonchev–Trinajstić information content (AvgIpc) is 3.52. The third kappa shape index (κ3) is 3.84. The highest BCUT2D eigenvalue weighted by Gasteiger charge is 2.29. The molecule has 0 radical (unpaired) electrons. The highest BCUT2D eigenvalue weighted by Crippen LogP contribution is 2.38. The van der Waals surface area contributed by atoms with Gasteiger partial charge < -0.3 is 14.6 Å². The summed E-state index contributed by atoms with van der Waals surface area (Å²) in [6, 6.07) is 3.18. The second kappa shape index (κ2) is 7.83. The van der Waals surface area contributed by atoms with Gasteiger partial charge in [0.25, 0.3) is 0 Å². The number of piperazine rings is 1. The van der Waals surface area contributed by atoms with Crippen LogP contribution in [0.3, 0.4) is 0 Å². The maximum Gasteiger partial charge on any atom is 0.341 e. The van der Waals surface area contributed by atoms with Crippen LogP contribution >= 0.6 is 0 Å². The Kier molecular flexibility index (Phi) is 5.36. The van der Waals surface area contributed by atoms with E-state index in [0.717, 1.165) is 19.4 Å². The summed E-state index contributed by atoms with van der Waals surface area (Å²) in [5.74, 6) is -1.66. The van der Waals surface area contributed by atoms with E-state index in [-0.39, 0.29) is 28.8 Å². The van der Waals surface area contributed by atoms with Crippen molar-refractivity contribution in [3.05, 3.63) is 39.9 Å². The van der Waals surface area contributed by atoms with Gasteiger partial charge in [-0.2, -0.15) is 0 Å². The zero-order chi connectivity index (χ0) is 21.6. The van der Waals surface area contributed by atoms with Gasteiger partial charge in [0.15, 0.2) is 0 Å². The molecule has 0 bridgehead atoms. The topological polar surface area (TPSA) is 82.8 Å². The maximum absolute atomic E-state index is 15.0. The number of Topliss-reactive ketones (excluding diaryl/α,β-unsaturated/α-hetero) is 1. The van der Waals surface area contributed by atoms with Gasteiger partial charge in [0.1, 0.15) is 17.2 Å². The number of anilines is 1. The van der Waals surface area contributed by atoms with E-state index in [1.165, 1.54) is 12.3 Å². The van der Waals surface area contributed by atoms with E-state index in [9.17, 15) is 19.5 Å². The zero-order valence-electron chi connectivity index (χ0n) is 17.2. The van der Waals surface area contributed by atoms with E-state index < -0.39 is 17.2 Å². The molecule has 0 spiro atoms. The van der Waals surface area contributed by atoms with Crippen molar-refractivity contribution in [2.24, 2.45) is 0 Å². The van der Waals surface area contributed by atoms with Gasteiger partial charge in [0, 0.05) is 56.3 Å². The van der Waals surface area contributed by atoms with Crippen LogP contribution in [0, 0.1) is 5.82 Å². The molecular weight excluding hydrogens is 389 g/mol. The summed E-state index contributed by atoms with van der Waals surface area (Å²) in [5, 5.41) is 9.48. The van der Waals surface area contributed by atoms with Crippen molar-refractivity contribution in [1.29, 1.82) is 0 Å². The average molecular weight is 415 g/mol. The molecular formula is C22H26FN3O4. The van der Waals surface area contributed by atoms with Gasteiger partial charge in [-0.3, -0.25) is 14.5 Å². The summed E-state index contributed by atoms with van der Waals surface area (Å²) >= 11 is 0. The Morgan fingerprint density at radius 3 is 2.57 bits per heavy atom. The summed E-state index contributed by atoms with van der Waals surface area (Å²) in [4.78, 5) is 39.6. The van der Waals surface area contributed by atoms with Crippen molar-refractivity contribution in [3.63, 3.8) is 0 Å². The third-order valence-electron chi connectivity index (χ3n) is 6.13. The predicted octanol–water partition coefficient (Wildman–Crippen LogP) is 2.66. The largest absolute Gasteiger partial charge is 0.477 e. The van der Waals surface area contributed by atoms with Crippen LogP contribution in [0.15, 0.2) is 23.1 Å². The second-order valence-electron chi connectivity index (χ2n) is 8.42. The lowest BCUT2D eigenvalue weighted by Crippen LogP contribution is -2.52. The highest BCUT2D eigenvalue weighted by molar-refractivity contribution is 5.93. The Balaban J connectivity index is 1.69. The summed E-state index contributed by atoms with van der Waals surface area (Å²) < 4.78 is 16.9. The van der Waals surface area contributed by atoms with Crippen LogP contribution in [0.1, 0.15) is 49.5 Å². The van der Waals surface area contributed by atoms with E-state index in [1.807, 2.05) is 9.47 Å². The molecule has 2 aliphatic rings. The van der Waals surface area contributed by atoms with Crippen LogP contribution < -0.4 is 10.3 Å². The molecule has 1 saturated heterocycles. The minimum Gasteiger partial charge on any atom is -0.477 e. The number of carbonyl (C=O) groups is 2. The molecule has 2 heterocycles. The Morgan fingerprint density at radius 2 is 1.97 bits per heavy atom. The quantitative estimate of drug-likeness (QED) is 0.781. The lowest BCUT2D eigenvalue weighted by molar-refractivity contribution is -0.117. The van der Waals surface area contributed by atoms with Gasteiger partial charge in [0.05, 0.1) is 11.2 Å². The summed E-state index contributed by atoms with van der Waals surface area (Å²) in [6.07, 6.45) is 3.73. The first-order chi connectivity index (χ1) is 14.3. The summed E-state index contributed by atoms with van der Waals surface area (Å²) in [7, 11) is 0. The molecule has 2 aromatic rings. The molecule has 8 heteroatoms. The number of carboxylic acids is 1. The smallest absolute Gasteiger partial charge is 0.341 e. The number of rotatable bonds is 6. The van der Waals surface area contributed by atoms with Crippen LogP contribution in [-0.4, -0.2) is 58.5 Å². The van der Waals surface area contributed by atoms with E-state index >= 15 is 4.39 Å². The van der Waals surface area contributed by atoms with Crippen molar-refractivity contribution in [1.82, 2.24) is 9.47 Å². The van der Waals surface area contributed by atoms with Crippen LogP contribution in [0.5, 0.6) is 0 Å². The molecule has 1 atom stereocenters. The first-order valence-corrected chi connectivity index (χ1v) is 10.4. The number of hydrogen-bond acceptors (Lipinski definition) is 5. The molecule has 4 rings (SSSR count). The van der Waals surface area contributed by atoms with Crippen LogP contribution in [-0.2, 0) is 4.79 Å². The molecule has 160 valence electrons. The van der Waals surface area contributed by atoms with Crippen molar-refractivity contribution < 1.29 is 19.1 Å². The fourth-order valence-corrected chi connectivity index (χ4v) is 4.26. The summed E-state index contributed by atoms with van der Waals surface area (Å²) in [6.45, 7) is 6.29. The SMILES string of the molecule is CC(=O)CCN1CCN(c2cc3c(cc2F)c(=O)c(C(=O)O)cn3C2CC2)CC1C. The Bertz CT molecular complexity index is 1080. The molecule has 1 unspecified atom stereocenters. The number of carboxylic acid groups (broad SMARTS) is 1. The summed E-state index contributed by atoms with van der Waals surface area (Å²) in [5.41, 5.74) is 0.0320. The number of benzene rings is 1. The molecule has 7 nitrogen and oxygen atoms in total. The number of fused-ring (bicyclic) bond motifs is 1. The van der Waals surface area contributed by atoms with Crippen molar-refractivity contribution >= 4 is 28.3 Å². The predicted molar refractivity (Wildman–Crippen MR) is 112 cm³/mol. The Morgan fingerprint density at radius 1 is 1.23 bits per heavy atom. The number of pyridine rings is 1. The Labute approximate surface area is 173 Å². The fraction of sp³-hybridized carbons (Fsp3) is 0.500. The molecule has 1 saturated carbocycles. The first kappa shape index (κ1) is 20.5. The molecule has 1 aromatic heterocycles. The normalized spacial score (nSPS) is 20.0. The number of halogens is 1. The molecule has 1 aliphatic heterocycles. The number of ketones is 1. The number of nitrogens with zero attached hydrogens (tertiary/aromatic N) is 3. The van der Waals surface area contributed by atoms with E-state index in [4.69, 9.17) is 0 Å². The van der Waals surface area contributed by atoms with Crippen molar-refractivity contribution in [2.45, 2.75) is 45.2 Å². The highest BCUT2D eigenvalue weighted by atomic mass is 19.1. The van der Waals surface area contributed by atoms with Gasteiger partial charge in [-0.1, -0.05) is 0 Å². The molecule has 1 aliphatic carbocycles.